The van der Waals surface area contributed by atoms with Crippen LogP contribution in [0.5, 0.6) is 0 Å². The molecule has 3 aromatic rings. The van der Waals surface area contributed by atoms with Crippen molar-refractivity contribution in [1.29, 1.82) is 0 Å². The van der Waals surface area contributed by atoms with Gasteiger partial charge in [-0.25, -0.2) is 8.78 Å². The first kappa shape index (κ1) is 14.0. The SMILES string of the molecule is OC(Cc1ccc(F)c(F)c1)c1cc2cccc(Cl)c2o1. The van der Waals surface area contributed by atoms with Crippen LogP contribution in [-0.4, -0.2) is 5.11 Å². The second-order valence-electron chi connectivity index (χ2n) is 4.78. The molecule has 1 heterocycles. The normalized spacial score (nSPS) is 12.8. The minimum Gasteiger partial charge on any atom is -0.457 e. The van der Waals surface area contributed by atoms with E-state index in [0.717, 1.165) is 17.5 Å². The summed E-state index contributed by atoms with van der Waals surface area (Å²) in [5.41, 5.74) is 0.978. The van der Waals surface area contributed by atoms with Gasteiger partial charge in [0, 0.05) is 11.8 Å². The third-order valence-electron chi connectivity index (χ3n) is 3.26. The Bertz CT molecular complexity index is 798. The molecule has 0 aliphatic heterocycles. The van der Waals surface area contributed by atoms with Crippen LogP contribution in [0.15, 0.2) is 46.9 Å². The molecule has 0 bridgehead atoms. The summed E-state index contributed by atoms with van der Waals surface area (Å²) < 4.78 is 31.6. The Hall–Kier alpha value is -1.91. The fraction of sp³-hybridized carbons (Fsp3) is 0.125. The van der Waals surface area contributed by atoms with Gasteiger partial charge in [0.05, 0.1) is 5.02 Å². The minimum absolute atomic E-state index is 0.120. The molecule has 0 aliphatic carbocycles. The van der Waals surface area contributed by atoms with E-state index in [1.54, 1.807) is 18.2 Å². The van der Waals surface area contributed by atoms with Gasteiger partial charge in [0.1, 0.15) is 11.9 Å². The topological polar surface area (TPSA) is 33.4 Å². The number of para-hydroxylation sites is 1. The Morgan fingerprint density at radius 2 is 1.90 bits per heavy atom. The maximum absolute atomic E-state index is 13.2. The van der Waals surface area contributed by atoms with Crippen molar-refractivity contribution in [1.82, 2.24) is 0 Å². The first-order chi connectivity index (χ1) is 10.0. The Labute approximate surface area is 124 Å². The molecule has 0 spiro atoms. The summed E-state index contributed by atoms with van der Waals surface area (Å²) in [4.78, 5) is 0. The molecule has 108 valence electrons. The summed E-state index contributed by atoms with van der Waals surface area (Å²) in [6.07, 6.45) is -0.840. The number of hydrogen-bond acceptors (Lipinski definition) is 2. The smallest absolute Gasteiger partial charge is 0.159 e. The van der Waals surface area contributed by atoms with E-state index in [-0.39, 0.29) is 6.42 Å². The molecule has 3 rings (SSSR count). The number of aliphatic hydroxyl groups excluding tert-OH is 1. The lowest BCUT2D eigenvalue weighted by Gasteiger charge is -2.08. The predicted octanol–water partition coefficient (Wildman–Crippen LogP) is 4.64. The first-order valence-corrected chi connectivity index (χ1v) is 6.72. The fourth-order valence-corrected chi connectivity index (χ4v) is 2.42. The van der Waals surface area contributed by atoms with Crippen LogP contribution < -0.4 is 0 Å². The summed E-state index contributed by atoms with van der Waals surface area (Å²) in [6.45, 7) is 0. The van der Waals surface area contributed by atoms with Gasteiger partial charge in [-0.2, -0.15) is 0 Å². The van der Waals surface area contributed by atoms with E-state index < -0.39 is 17.7 Å². The van der Waals surface area contributed by atoms with Crippen LogP contribution in [0.25, 0.3) is 11.0 Å². The van der Waals surface area contributed by atoms with E-state index in [4.69, 9.17) is 16.0 Å². The molecule has 0 aliphatic rings. The molecule has 0 radical (unpaired) electrons. The molecular weight excluding hydrogens is 298 g/mol. The zero-order valence-corrected chi connectivity index (χ0v) is 11.6. The Kier molecular flexibility index (Phi) is 3.66. The van der Waals surface area contributed by atoms with E-state index in [1.807, 2.05) is 6.07 Å². The molecule has 1 aromatic heterocycles. The predicted molar refractivity (Wildman–Crippen MR) is 76.2 cm³/mol. The summed E-state index contributed by atoms with van der Waals surface area (Å²) in [5.74, 6) is -1.51. The quantitative estimate of drug-likeness (QED) is 0.764. The van der Waals surface area contributed by atoms with E-state index in [1.165, 1.54) is 6.07 Å². The van der Waals surface area contributed by atoms with Crippen molar-refractivity contribution in [2.45, 2.75) is 12.5 Å². The lowest BCUT2D eigenvalue weighted by atomic mass is 10.1. The van der Waals surface area contributed by atoms with Gasteiger partial charge < -0.3 is 9.52 Å². The highest BCUT2D eigenvalue weighted by Crippen LogP contribution is 2.30. The Morgan fingerprint density at radius 1 is 1.10 bits per heavy atom. The van der Waals surface area contributed by atoms with Gasteiger partial charge in [-0.15, -0.1) is 0 Å². The number of fused-ring (bicyclic) bond motifs is 1. The molecule has 0 saturated heterocycles. The van der Waals surface area contributed by atoms with Crippen LogP contribution >= 0.6 is 11.6 Å². The van der Waals surface area contributed by atoms with Crippen LogP contribution in [0.1, 0.15) is 17.4 Å². The van der Waals surface area contributed by atoms with E-state index in [9.17, 15) is 13.9 Å². The van der Waals surface area contributed by atoms with Crippen molar-refractivity contribution in [2.24, 2.45) is 0 Å². The van der Waals surface area contributed by atoms with Crippen LogP contribution in [0.2, 0.25) is 5.02 Å². The van der Waals surface area contributed by atoms with Crippen molar-refractivity contribution < 1.29 is 18.3 Å². The van der Waals surface area contributed by atoms with Gasteiger partial charge >= 0.3 is 0 Å². The van der Waals surface area contributed by atoms with Gasteiger partial charge in [-0.05, 0) is 29.8 Å². The largest absolute Gasteiger partial charge is 0.457 e. The molecule has 1 unspecified atom stereocenters. The number of halogens is 3. The molecule has 0 saturated carbocycles. The summed E-state index contributed by atoms with van der Waals surface area (Å²) >= 11 is 6.01. The average Bonchev–Trinajstić information content (AvgIpc) is 2.89. The van der Waals surface area contributed by atoms with Gasteiger partial charge in [-0.1, -0.05) is 29.8 Å². The van der Waals surface area contributed by atoms with Crippen molar-refractivity contribution in [2.75, 3.05) is 0 Å². The maximum atomic E-state index is 13.2. The third-order valence-corrected chi connectivity index (χ3v) is 3.55. The van der Waals surface area contributed by atoms with E-state index >= 15 is 0 Å². The van der Waals surface area contributed by atoms with Gasteiger partial charge in [0.2, 0.25) is 0 Å². The fourth-order valence-electron chi connectivity index (χ4n) is 2.20. The second kappa shape index (κ2) is 5.47. The van der Waals surface area contributed by atoms with Crippen molar-refractivity contribution in [3.8, 4) is 0 Å². The van der Waals surface area contributed by atoms with E-state index in [2.05, 4.69) is 0 Å². The number of aliphatic hydroxyl groups is 1. The average molecular weight is 309 g/mol. The molecule has 0 amide bonds. The minimum atomic E-state index is -0.960. The summed E-state index contributed by atoms with van der Waals surface area (Å²) in [7, 11) is 0. The summed E-state index contributed by atoms with van der Waals surface area (Å²) in [5, 5.41) is 11.4. The zero-order chi connectivity index (χ0) is 15.0. The standard InChI is InChI=1S/C16H11ClF2O2/c17-11-3-1-2-10-8-15(21-16(10)11)14(20)7-9-4-5-12(18)13(19)6-9/h1-6,8,14,20H,7H2. The highest BCUT2D eigenvalue weighted by molar-refractivity contribution is 6.34. The van der Waals surface area contributed by atoms with Gasteiger partial charge in [0.15, 0.2) is 17.2 Å². The first-order valence-electron chi connectivity index (χ1n) is 6.34. The second-order valence-corrected chi connectivity index (χ2v) is 5.18. The third kappa shape index (κ3) is 2.77. The highest BCUT2D eigenvalue weighted by atomic mass is 35.5. The van der Waals surface area contributed by atoms with Crippen LogP contribution in [0, 0.1) is 11.6 Å². The van der Waals surface area contributed by atoms with Crippen molar-refractivity contribution in [3.05, 3.63) is 70.4 Å². The summed E-state index contributed by atoms with van der Waals surface area (Å²) in [6, 6.07) is 10.5. The Balaban J connectivity index is 1.87. The van der Waals surface area contributed by atoms with Crippen LogP contribution in [0.3, 0.4) is 0 Å². The van der Waals surface area contributed by atoms with Gasteiger partial charge in [0.25, 0.3) is 0 Å². The molecule has 1 atom stereocenters. The number of hydrogen-bond donors (Lipinski definition) is 1. The number of furan rings is 1. The number of rotatable bonds is 3. The van der Waals surface area contributed by atoms with Crippen molar-refractivity contribution >= 4 is 22.6 Å². The van der Waals surface area contributed by atoms with Crippen LogP contribution in [0.4, 0.5) is 8.78 Å². The lowest BCUT2D eigenvalue weighted by Crippen LogP contribution is -2.01. The van der Waals surface area contributed by atoms with Crippen molar-refractivity contribution in [3.63, 3.8) is 0 Å². The molecule has 5 heteroatoms. The highest BCUT2D eigenvalue weighted by Gasteiger charge is 2.16. The van der Waals surface area contributed by atoms with Gasteiger partial charge in [-0.3, -0.25) is 0 Å². The maximum Gasteiger partial charge on any atom is 0.159 e. The molecule has 2 nitrogen and oxygen atoms in total. The monoisotopic (exact) mass is 308 g/mol. The number of benzene rings is 2. The van der Waals surface area contributed by atoms with Crippen LogP contribution in [-0.2, 0) is 6.42 Å². The zero-order valence-electron chi connectivity index (χ0n) is 10.8. The molecular formula is C16H11ClF2O2. The van der Waals surface area contributed by atoms with E-state index in [0.29, 0.717) is 21.9 Å². The molecule has 2 aromatic carbocycles. The molecule has 21 heavy (non-hydrogen) atoms. The molecule has 0 fully saturated rings. The lowest BCUT2D eigenvalue weighted by molar-refractivity contribution is 0.152. The molecule has 1 N–H and O–H groups in total. The Morgan fingerprint density at radius 3 is 2.62 bits per heavy atom.